The fraction of sp³-hybridized carbons (Fsp3) is 0.474. The third-order valence-electron chi connectivity index (χ3n) is 17.5. The molecule has 4 aromatic carbocycles. The first-order chi connectivity index (χ1) is 44.7. The van der Waals surface area contributed by atoms with Gasteiger partial charge in [0.25, 0.3) is 0 Å². The predicted octanol–water partition coefficient (Wildman–Crippen LogP) is 17.3. The van der Waals surface area contributed by atoms with Crippen molar-refractivity contribution in [3.63, 3.8) is 0 Å². The molecule has 4 saturated heterocycles. The number of hydrogen-bond acceptors (Lipinski definition) is 12. The van der Waals surface area contributed by atoms with Crippen LogP contribution in [0, 0.1) is 0 Å². The molecule has 0 spiro atoms. The lowest BCUT2D eigenvalue weighted by molar-refractivity contribution is 0.0208. The summed E-state index contributed by atoms with van der Waals surface area (Å²) in [6.07, 6.45) is 21.8. The Balaban J connectivity index is 0.000000265. The number of ether oxygens (including phenoxy) is 4. The lowest BCUT2D eigenvalue weighted by atomic mass is 10.0. The highest BCUT2D eigenvalue weighted by atomic mass is 32.1. The molecule has 12 rings (SSSR count). The van der Waals surface area contributed by atoms with E-state index in [9.17, 15) is 19.2 Å². The Morgan fingerprint density at radius 2 is 0.776 bits per heavy atom. The molecule has 18 nitrogen and oxygen atoms in total. The maximum atomic E-state index is 12.8. The number of carbonyl (C=O) groups is 4. The highest BCUT2D eigenvalue weighted by Crippen LogP contribution is 2.38. The Morgan fingerprint density at radius 1 is 0.439 bits per heavy atom. The summed E-state index contributed by atoms with van der Waals surface area (Å²) in [5.41, 5.74) is 13.1. The number of likely N-dealkylation sites (tertiary alicyclic amines) is 4. The molecule has 6 aliphatic heterocycles. The van der Waals surface area contributed by atoms with E-state index in [-0.39, 0.29) is 103 Å². The van der Waals surface area contributed by atoms with E-state index in [0.717, 1.165) is 145 Å². The van der Waals surface area contributed by atoms with Gasteiger partial charge in [0.15, 0.2) is 0 Å². The van der Waals surface area contributed by atoms with Gasteiger partial charge < -0.3 is 28.9 Å². The molecular weight excluding hydrogens is 1310 g/mol. The Hall–Kier alpha value is -7.40. The smallest absolute Gasteiger partial charge is 0.410 e. The maximum absolute atomic E-state index is 12.8. The number of imidazole rings is 2. The zero-order valence-electron chi connectivity index (χ0n) is 59.0. The number of H-pyrrole nitrogens is 2. The normalized spacial score (nSPS) is 18.9. The van der Waals surface area contributed by atoms with Gasteiger partial charge >= 0.3 is 24.4 Å². The Morgan fingerprint density at radius 3 is 1.19 bits per heavy atom. The molecule has 0 bridgehead atoms. The second-order valence-corrected chi connectivity index (χ2v) is 29.6. The average molecular weight is 1410 g/mol. The number of allylic oxidation sites excluding steroid dienone is 2. The number of fused-ring (bicyclic) bond motifs is 2. The summed E-state index contributed by atoms with van der Waals surface area (Å²) >= 11 is 0. The van der Waals surface area contributed by atoms with Crippen LogP contribution in [0.2, 0.25) is 0 Å². The van der Waals surface area contributed by atoms with Crippen molar-refractivity contribution < 1.29 is 38.1 Å². The fourth-order valence-electron chi connectivity index (χ4n) is 13.1. The largest absolute Gasteiger partial charge is 0.444 e. The maximum Gasteiger partial charge on any atom is 0.410 e. The molecule has 0 radical (unpaired) electrons. The molecule has 6 aliphatic rings. The summed E-state index contributed by atoms with van der Waals surface area (Å²) in [7, 11) is 0. The molecule has 6 aromatic rings. The predicted molar refractivity (Wildman–Crippen MR) is 411 cm³/mol. The van der Waals surface area contributed by atoms with Crippen LogP contribution in [0.1, 0.15) is 192 Å². The van der Waals surface area contributed by atoms with Crippen molar-refractivity contribution >= 4 is 113 Å². The fourth-order valence-corrected chi connectivity index (χ4v) is 13.1. The Bertz CT molecular complexity index is 3870. The molecule has 0 saturated carbocycles. The van der Waals surface area contributed by atoms with E-state index in [4.69, 9.17) is 28.9 Å². The van der Waals surface area contributed by atoms with Crippen LogP contribution in [0.4, 0.5) is 30.6 Å². The van der Waals surface area contributed by atoms with Crippen molar-refractivity contribution in [3.8, 4) is 22.5 Å². The summed E-state index contributed by atoms with van der Waals surface area (Å²) < 4.78 is 22.6. The van der Waals surface area contributed by atoms with E-state index in [1.807, 2.05) is 105 Å². The molecule has 8 heterocycles. The van der Waals surface area contributed by atoms with Gasteiger partial charge in [-0.15, -0.1) is 0 Å². The number of nitrogens with zero attached hydrogens (tertiary/aromatic N) is 8. The highest BCUT2D eigenvalue weighted by molar-refractivity contribution is 7.59. The van der Waals surface area contributed by atoms with Crippen molar-refractivity contribution in [2.24, 2.45) is 9.98 Å². The molecule has 0 unspecified atom stereocenters. The Labute approximate surface area is 607 Å². The number of hydrogen-bond donors (Lipinski definition) is 2. The van der Waals surface area contributed by atoms with Crippen molar-refractivity contribution in [3.05, 3.63) is 155 Å². The zero-order chi connectivity index (χ0) is 66.7. The van der Waals surface area contributed by atoms with Crippen LogP contribution in [0.5, 0.6) is 0 Å². The lowest BCUT2D eigenvalue weighted by Crippen LogP contribution is -2.43. The van der Waals surface area contributed by atoms with Crippen LogP contribution in [0.3, 0.4) is 0 Å². The minimum Gasteiger partial charge on any atom is -0.444 e. The van der Waals surface area contributed by atoms with Gasteiger partial charge in [-0.2, -0.15) is 54.0 Å². The van der Waals surface area contributed by atoms with Gasteiger partial charge in [-0.25, -0.2) is 29.1 Å². The molecule has 2 aromatic heterocycles. The van der Waals surface area contributed by atoms with Crippen LogP contribution < -0.4 is 0 Å². The minimum absolute atomic E-state index is 0. The van der Waals surface area contributed by atoms with E-state index in [1.165, 1.54) is 22.3 Å². The van der Waals surface area contributed by atoms with Crippen molar-refractivity contribution in [2.45, 2.75) is 207 Å². The molecule has 4 fully saturated rings. The van der Waals surface area contributed by atoms with Crippen LogP contribution >= 0.6 is 54.0 Å². The van der Waals surface area contributed by atoms with Crippen LogP contribution in [-0.2, 0) is 44.6 Å². The summed E-state index contributed by atoms with van der Waals surface area (Å²) in [6.45, 7) is 25.5. The van der Waals surface area contributed by atoms with Gasteiger partial charge in [-0.1, -0.05) is 97.1 Å². The summed E-state index contributed by atoms with van der Waals surface area (Å²) in [6, 6.07) is 29.6. The summed E-state index contributed by atoms with van der Waals surface area (Å²) in [4.78, 5) is 84.5. The molecule has 2 N–H and O–H groups in total. The second kappa shape index (κ2) is 32.7. The SMILES string of the molecule is CC(C)(C)OC(=O)N1CCC[C@H]1C1=Nc2cc(C=CCc3ccc(-c4cnc([C@@H]5CCCN5C(=O)OC(C)(C)C)[nH]4)cc3)ccc2C1.CC(C)(C)OC(=O)N1CCC[C@H]1C1=Nc2cc(CC=Cc3ccc(-c4cnc([C@@H]5CCCN5C(=O)OC(C)(C)C)[nH]4)cc3)ccc2C1.S.S.S.S. The topological polar surface area (TPSA) is 200 Å². The van der Waals surface area contributed by atoms with Gasteiger partial charge in [0.1, 0.15) is 34.1 Å². The number of amides is 4. The summed E-state index contributed by atoms with van der Waals surface area (Å²) in [5.74, 6) is 1.59. The van der Waals surface area contributed by atoms with Gasteiger partial charge in [0.2, 0.25) is 0 Å². The number of aromatic nitrogens is 4. The highest BCUT2D eigenvalue weighted by Gasteiger charge is 2.40. The molecule has 98 heavy (non-hydrogen) atoms. The van der Waals surface area contributed by atoms with Gasteiger partial charge in [-0.05, 0) is 204 Å². The quantitative estimate of drug-likeness (QED) is 0.111. The monoisotopic (exact) mass is 1410 g/mol. The number of aliphatic imine (C=N–C) groups is 2. The first-order valence-corrected chi connectivity index (χ1v) is 33.7. The van der Waals surface area contributed by atoms with Crippen LogP contribution in [-0.4, -0.2) is 136 Å². The number of rotatable bonds is 12. The number of benzene rings is 4. The van der Waals surface area contributed by atoms with E-state index >= 15 is 0 Å². The first kappa shape index (κ1) is 77.9. The summed E-state index contributed by atoms with van der Waals surface area (Å²) in [5, 5.41) is 0. The van der Waals surface area contributed by atoms with E-state index in [2.05, 4.69) is 129 Å². The first-order valence-electron chi connectivity index (χ1n) is 33.7. The average Bonchev–Trinajstić information content (AvgIpc) is 1.66. The third-order valence-corrected chi connectivity index (χ3v) is 17.5. The Kier molecular flexibility index (Phi) is 26.0. The zero-order valence-corrected chi connectivity index (χ0v) is 63.0. The van der Waals surface area contributed by atoms with E-state index < -0.39 is 22.4 Å². The van der Waals surface area contributed by atoms with Crippen molar-refractivity contribution in [1.82, 2.24) is 39.5 Å². The van der Waals surface area contributed by atoms with Crippen molar-refractivity contribution in [2.75, 3.05) is 26.2 Å². The number of nitrogens with one attached hydrogen (secondary N) is 2. The standard InChI is InChI=1S/2C38H47N5O4.4H2S/c2*1-37(2,3)46-35(44)42-20-8-12-32(42)30-23-28-19-16-26(22-29(28)40-30)11-7-10-25-14-17-27(18-15-25)31-24-39-34(41-31)33-13-9-21-43(33)36(45)47-38(4,5)6;;;;/h7,11,14-19,22,24,32-33H,8-10,12-13,20-21,23H2,1-6H3,(H,39,41);7,10,14-19,22,24,32-33H,8-9,11-13,20-21,23H2,1-6H3,(H,39,41);4*1H2/t2*32-,33-;;;;/m00..../s1. The second-order valence-electron chi connectivity index (χ2n) is 29.6. The lowest BCUT2D eigenvalue weighted by Gasteiger charge is -2.28. The number of carbonyl (C=O) groups excluding carboxylic acids is 4. The molecule has 0 aliphatic carbocycles. The number of aromatic amines is 2. The minimum atomic E-state index is -0.530. The molecular formula is C76H102N10O8S4. The molecule has 4 atom stereocenters. The molecule has 22 heteroatoms. The van der Waals surface area contributed by atoms with Crippen LogP contribution in [0.15, 0.2) is 119 Å². The third kappa shape index (κ3) is 20.0. The van der Waals surface area contributed by atoms with Crippen LogP contribution in [0.25, 0.3) is 34.7 Å². The van der Waals surface area contributed by atoms with Gasteiger partial charge in [0.05, 0.1) is 59.3 Å². The van der Waals surface area contributed by atoms with Gasteiger partial charge in [-0.3, -0.25) is 29.6 Å². The molecule has 528 valence electrons. The van der Waals surface area contributed by atoms with E-state index in [1.54, 1.807) is 9.80 Å². The van der Waals surface area contributed by atoms with Crippen molar-refractivity contribution in [1.29, 1.82) is 0 Å². The van der Waals surface area contributed by atoms with E-state index in [0.29, 0.717) is 26.2 Å². The van der Waals surface area contributed by atoms with Gasteiger partial charge in [0, 0.05) is 50.4 Å². The molecule has 4 amide bonds.